The number of fused-ring (bicyclic) bond motifs is 1. The number of anilines is 1. The zero-order valence-electron chi connectivity index (χ0n) is 33.7. The first-order valence-corrected chi connectivity index (χ1v) is 21.4. The van der Waals surface area contributed by atoms with E-state index in [0.29, 0.717) is 64.8 Å². The van der Waals surface area contributed by atoms with E-state index in [1.807, 2.05) is 0 Å². The molecule has 3 saturated heterocycles. The zero-order chi connectivity index (χ0) is 41.2. The van der Waals surface area contributed by atoms with Crippen LogP contribution in [0.25, 0.3) is 0 Å². The first kappa shape index (κ1) is 40.6. The van der Waals surface area contributed by atoms with Crippen LogP contribution in [0, 0.1) is 23.6 Å². The van der Waals surface area contributed by atoms with Crippen molar-refractivity contribution in [1.29, 1.82) is 0 Å². The quantitative estimate of drug-likeness (QED) is 0.307. The molecule has 322 valence electrons. The van der Waals surface area contributed by atoms with Crippen LogP contribution in [0.4, 0.5) is 23.2 Å². The molecule has 2 N–H and O–H groups in total. The summed E-state index contributed by atoms with van der Waals surface area (Å²) in [4.78, 5) is 46.9. The van der Waals surface area contributed by atoms with Crippen LogP contribution in [0.5, 0.6) is 5.75 Å². The van der Waals surface area contributed by atoms with Crippen molar-refractivity contribution in [2.45, 2.75) is 119 Å². The Balaban J connectivity index is 1.02. The van der Waals surface area contributed by atoms with Crippen LogP contribution in [0.2, 0.25) is 0 Å². The average molecular weight is 830 g/mol. The molecule has 0 radical (unpaired) electrons. The summed E-state index contributed by atoms with van der Waals surface area (Å²) in [6.07, 6.45) is 4.20. The first-order valence-electron chi connectivity index (χ1n) is 21.4. The lowest BCUT2D eigenvalue weighted by Gasteiger charge is -2.53. The number of carbonyl (C=O) groups is 3. The van der Waals surface area contributed by atoms with Gasteiger partial charge in [-0.2, -0.15) is 18.3 Å². The largest absolute Gasteiger partial charge is 0.487 e. The molecular formula is C42H55F4N7O6. The molecule has 3 atom stereocenters. The molecule has 5 heterocycles. The van der Waals surface area contributed by atoms with E-state index < -0.39 is 72.6 Å². The molecule has 13 nitrogen and oxygen atoms in total. The lowest BCUT2D eigenvalue weighted by molar-refractivity contribution is -0.211. The number of piperazine rings is 1. The lowest BCUT2D eigenvalue weighted by atomic mass is 9.79. The number of piperidine rings is 1. The number of carbonyl (C=O) groups excluding carboxylic acids is 3. The number of halogens is 4. The van der Waals surface area contributed by atoms with E-state index in [-0.39, 0.29) is 59.0 Å². The Kier molecular flexibility index (Phi) is 10.9. The Labute approximate surface area is 341 Å². The van der Waals surface area contributed by atoms with Crippen molar-refractivity contribution < 1.29 is 46.2 Å². The third kappa shape index (κ3) is 8.20. The molecule has 2 aromatic rings. The number of benzene rings is 1. The number of amides is 3. The van der Waals surface area contributed by atoms with Crippen LogP contribution in [-0.4, -0.2) is 131 Å². The standard InChI is InChI=1S/C42H55F4N7O6/c1-50-32(11-14-47-50)39(55)49-38(37(24-3-4-24)25-5-6-25)40(56)48-31-18-34-29(17-30(31)43)33(19-41(59-34)12-15-51(16-13-41)27-22-58-23-27)53-20-35(42(44,45)46)52(21-36(53)54)26-7-9-28(57-2)10-8-26/h11,14,17-18,24-28,33,35,37-38H,3-10,12-13,15-16,19-23H2,1-2H3,(H,48,56)(H,49,55)/t26?,28?,33?,35-,38-/m0/s1. The average Bonchev–Trinajstić information content (AvgIpc) is 4.14. The van der Waals surface area contributed by atoms with Crippen molar-refractivity contribution in [2.24, 2.45) is 24.8 Å². The second-order valence-electron chi connectivity index (χ2n) is 18.1. The number of likely N-dealkylation sites (tertiary alicyclic amines) is 1. The van der Waals surface area contributed by atoms with E-state index in [1.165, 1.54) is 32.8 Å². The molecule has 6 fully saturated rings. The van der Waals surface area contributed by atoms with E-state index in [9.17, 15) is 14.4 Å². The normalized spacial score (nSPS) is 28.5. The number of rotatable bonds is 11. The zero-order valence-corrected chi connectivity index (χ0v) is 33.7. The van der Waals surface area contributed by atoms with E-state index in [2.05, 4.69) is 20.6 Å². The monoisotopic (exact) mass is 829 g/mol. The van der Waals surface area contributed by atoms with E-state index in [4.69, 9.17) is 14.2 Å². The molecule has 4 aliphatic heterocycles. The molecule has 1 spiro atoms. The SMILES string of the molecule is COC1CCC(N2CC(=O)N(C3CC4(CCN(C5COC5)CC4)Oc4cc(NC(=O)[C@@H](NC(=O)c5ccnn5C)C(C5CC5)C5CC5)c(F)cc43)C[C@H]2C(F)(F)F)CC1. The van der Waals surface area contributed by atoms with Crippen LogP contribution in [0.1, 0.15) is 92.7 Å². The predicted molar refractivity (Wildman–Crippen MR) is 206 cm³/mol. The summed E-state index contributed by atoms with van der Waals surface area (Å²) >= 11 is 0. The molecule has 3 saturated carbocycles. The Morgan fingerprint density at radius 2 is 1.69 bits per heavy atom. The van der Waals surface area contributed by atoms with Crippen molar-refractivity contribution in [1.82, 2.24) is 29.8 Å². The number of hydrogen-bond donors (Lipinski definition) is 2. The molecular weight excluding hydrogens is 774 g/mol. The van der Waals surface area contributed by atoms with Crippen molar-refractivity contribution in [3.05, 3.63) is 41.5 Å². The van der Waals surface area contributed by atoms with Gasteiger partial charge in [0.15, 0.2) is 0 Å². The third-order valence-corrected chi connectivity index (χ3v) is 14.4. The number of nitrogens with zero attached hydrogens (tertiary/aromatic N) is 5. The predicted octanol–water partition coefficient (Wildman–Crippen LogP) is 4.82. The van der Waals surface area contributed by atoms with Crippen LogP contribution in [-0.2, 0) is 26.1 Å². The molecule has 59 heavy (non-hydrogen) atoms. The van der Waals surface area contributed by atoms with Gasteiger partial charge in [0.25, 0.3) is 5.91 Å². The van der Waals surface area contributed by atoms with Crippen LogP contribution in [0.3, 0.4) is 0 Å². The van der Waals surface area contributed by atoms with Crippen molar-refractivity contribution >= 4 is 23.4 Å². The minimum atomic E-state index is -4.61. The highest BCUT2D eigenvalue weighted by molar-refractivity contribution is 6.01. The van der Waals surface area contributed by atoms with Gasteiger partial charge in [0.1, 0.15) is 34.9 Å². The van der Waals surface area contributed by atoms with E-state index >= 15 is 17.6 Å². The van der Waals surface area contributed by atoms with Crippen LogP contribution in [0.15, 0.2) is 24.4 Å². The molecule has 7 aliphatic rings. The fourth-order valence-electron chi connectivity index (χ4n) is 10.7. The van der Waals surface area contributed by atoms with Gasteiger partial charge in [0.2, 0.25) is 11.8 Å². The molecule has 3 amide bonds. The first-order chi connectivity index (χ1) is 28.3. The molecule has 3 aliphatic carbocycles. The van der Waals surface area contributed by atoms with Crippen LogP contribution >= 0.6 is 0 Å². The summed E-state index contributed by atoms with van der Waals surface area (Å²) in [5.41, 5.74) is -0.436. The maximum atomic E-state index is 16.5. The Morgan fingerprint density at radius 3 is 2.27 bits per heavy atom. The second kappa shape index (κ2) is 15.9. The van der Waals surface area contributed by atoms with Crippen molar-refractivity contribution in [3.63, 3.8) is 0 Å². The summed E-state index contributed by atoms with van der Waals surface area (Å²) in [6.45, 7) is 1.63. The highest BCUT2D eigenvalue weighted by Gasteiger charge is 2.55. The molecule has 1 aromatic heterocycles. The van der Waals surface area contributed by atoms with Gasteiger partial charge in [0, 0.05) is 64.1 Å². The van der Waals surface area contributed by atoms with Gasteiger partial charge in [0.05, 0.1) is 43.6 Å². The van der Waals surface area contributed by atoms with Gasteiger partial charge in [-0.1, -0.05) is 0 Å². The topological polar surface area (TPSA) is 130 Å². The van der Waals surface area contributed by atoms with Crippen molar-refractivity contribution in [3.8, 4) is 5.75 Å². The van der Waals surface area contributed by atoms with E-state index in [0.717, 1.165) is 25.7 Å². The third-order valence-electron chi connectivity index (χ3n) is 14.4. The fraction of sp³-hybridized carbons (Fsp3) is 0.714. The number of aromatic nitrogens is 2. The summed E-state index contributed by atoms with van der Waals surface area (Å²) < 4.78 is 80.7. The summed E-state index contributed by atoms with van der Waals surface area (Å²) in [5, 5.41) is 9.83. The Bertz CT molecular complexity index is 1890. The number of nitrogens with one attached hydrogen (secondary N) is 2. The van der Waals surface area contributed by atoms with Gasteiger partial charge in [-0.15, -0.1) is 0 Å². The number of hydrogen-bond acceptors (Lipinski definition) is 9. The molecule has 17 heteroatoms. The summed E-state index contributed by atoms with van der Waals surface area (Å²) in [6, 6.07) is 0.359. The molecule has 9 rings (SSSR count). The number of aryl methyl sites for hydroxylation is 1. The maximum absolute atomic E-state index is 16.5. The molecule has 0 bridgehead atoms. The van der Waals surface area contributed by atoms with Crippen LogP contribution < -0.4 is 15.4 Å². The van der Waals surface area contributed by atoms with Gasteiger partial charge in [-0.05, 0) is 94.1 Å². The minimum Gasteiger partial charge on any atom is -0.487 e. The number of ether oxygens (including phenoxy) is 3. The van der Waals surface area contributed by atoms with E-state index in [1.54, 1.807) is 20.2 Å². The van der Waals surface area contributed by atoms with Gasteiger partial charge >= 0.3 is 6.18 Å². The van der Waals surface area contributed by atoms with Gasteiger partial charge < -0.3 is 29.7 Å². The Hall–Kier alpha value is -3.80. The number of methoxy groups -OCH3 is 1. The maximum Gasteiger partial charge on any atom is 0.405 e. The summed E-state index contributed by atoms with van der Waals surface area (Å²) in [5.74, 6) is -1.62. The highest BCUT2D eigenvalue weighted by Crippen LogP contribution is 2.52. The Morgan fingerprint density at radius 1 is 1.00 bits per heavy atom. The molecule has 1 unspecified atom stereocenters. The second-order valence-corrected chi connectivity index (χ2v) is 18.1. The molecule has 1 aromatic carbocycles. The number of alkyl halides is 3. The van der Waals surface area contributed by atoms with Gasteiger partial charge in [-0.3, -0.25) is 28.9 Å². The van der Waals surface area contributed by atoms with Gasteiger partial charge in [-0.25, -0.2) is 4.39 Å². The van der Waals surface area contributed by atoms with Crippen molar-refractivity contribution in [2.75, 3.05) is 51.8 Å². The smallest absolute Gasteiger partial charge is 0.405 e. The fourth-order valence-corrected chi connectivity index (χ4v) is 10.7. The summed E-state index contributed by atoms with van der Waals surface area (Å²) in [7, 11) is 3.25. The minimum absolute atomic E-state index is 0.00975. The lowest BCUT2D eigenvalue weighted by Crippen LogP contribution is -2.65. The highest BCUT2D eigenvalue weighted by atomic mass is 19.4.